The molecular formula is C28H34FN3O2. The standard InChI is InChI=1S/C28H34FN3O2/c29-25-4-2-1-3-24(25)26(33)30-21-5-7-23(8-6-21)32-11-9-22(10-12-32)31-27-14-19-13-20(15-27)17-28(34,16-19)18-27/h1-8,19-20,22,31,34H,9-18H2,(H,30,33)/t19-,20+,27?,28?. The van der Waals surface area contributed by atoms with Gasteiger partial charge in [0, 0.05) is 36.0 Å². The molecule has 7 rings (SSSR count). The maximum absolute atomic E-state index is 13.9. The minimum atomic E-state index is -0.518. The van der Waals surface area contributed by atoms with Gasteiger partial charge >= 0.3 is 0 Å². The molecular weight excluding hydrogens is 429 g/mol. The molecule has 0 radical (unpaired) electrons. The molecule has 4 saturated carbocycles. The van der Waals surface area contributed by atoms with Crippen molar-refractivity contribution >= 4 is 17.3 Å². The molecule has 0 spiro atoms. The Bertz CT molecular complexity index is 1050. The number of carbonyl (C=O) groups excluding carboxylic acids is 1. The Morgan fingerprint density at radius 3 is 2.29 bits per heavy atom. The predicted molar refractivity (Wildman–Crippen MR) is 132 cm³/mol. The Morgan fingerprint density at radius 2 is 1.65 bits per heavy atom. The Kier molecular flexibility index (Phi) is 5.41. The minimum Gasteiger partial charge on any atom is -0.390 e. The van der Waals surface area contributed by atoms with Crippen molar-refractivity contribution in [1.29, 1.82) is 0 Å². The van der Waals surface area contributed by atoms with Crippen LogP contribution in [0.5, 0.6) is 0 Å². The maximum atomic E-state index is 13.9. The summed E-state index contributed by atoms with van der Waals surface area (Å²) < 4.78 is 13.9. The molecule has 4 bridgehead atoms. The van der Waals surface area contributed by atoms with Crippen LogP contribution in [0.25, 0.3) is 0 Å². The fourth-order valence-electron chi connectivity index (χ4n) is 7.70. The number of halogens is 1. The third-order valence-electron chi connectivity index (χ3n) is 8.64. The normalized spacial score (nSPS) is 32.7. The van der Waals surface area contributed by atoms with Gasteiger partial charge < -0.3 is 20.6 Å². The van der Waals surface area contributed by atoms with Crippen LogP contribution < -0.4 is 15.5 Å². The first-order valence-corrected chi connectivity index (χ1v) is 12.8. The van der Waals surface area contributed by atoms with Crippen molar-refractivity contribution in [2.75, 3.05) is 23.3 Å². The second kappa shape index (κ2) is 8.35. The lowest BCUT2D eigenvalue weighted by atomic mass is 9.51. The van der Waals surface area contributed by atoms with Gasteiger partial charge in [0.25, 0.3) is 5.91 Å². The molecule has 5 aliphatic rings. The molecule has 4 aliphatic carbocycles. The number of rotatable bonds is 5. The van der Waals surface area contributed by atoms with Crippen LogP contribution in [0.3, 0.4) is 0 Å². The van der Waals surface area contributed by atoms with Crippen LogP contribution in [0.2, 0.25) is 0 Å². The number of carbonyl (C=O) groups is 1. The zero-order chi connectivity index (χ0) is 23.3. The average molecular weight is 464 g/mol. The van der Waals surface area contributed by atoms with E-state index in [0.717, 1.165) is 50.9 Å². The lowest BCUT2D eigenvalue weighted by Gasteiger charge is -2.61. The van der Waals surface area contributed by atoms with E-state index in [1.165, 1.54) is 31.4 Å². The highest BCUT2D eigenvalue weighted by Crippen LogP contribution is 2.57. The Labute approximate surface area is 200 Å². The number of hydrogen-bond donors (Lipinski definition) is 3. The summed E-state index contributed by atoms with van der Waals surface area (Å²) in [6.45, 7) is 1.98. The first-order valence-electron chi connectivity index (χ1n) is 12.8. The fraction of sp³-hybridized carbons (Fsp3) is 0.536. The zero-order valence-electron chi connectivity index (χ0n) is 19.6. The smallest absolute Gasteiger partial charge is 0.258 e. The number of benzene rings is 2. The molecule has 34 heavy (non-hydrogen) atoms. The van der Waals surface area contributed by atoms with E-state index in [1.807, 2.05) is 24.3 Å². The molecule has 1 amide bonds. The van der Waals surface area contributed by atoms with Crippen molar-refractivity contribution in [3.8, 4) is 0 Å². The van der Waals surface area contributed by atoms with Crippen LogP contribution in [-0.4, -0.2) is 41.3 Å². The number of aliphatic hydroxyl groups is 1. The highest BCUT2D eigenvalue weighted by Gasteiger charge is 2.57. The van der Waals surface area contributed by atoms with Crippen LogP contribution in [0, 0.1) is 17.7 Å². The van der Waals surface area contributed by atoms with Gasteiger partial charge in [-0.25, -0.2) is 4.39 Å². The quantitative estimate of drug-likeness (QED) is 0.600. The van der Waals surface area contributed by atoms with Gasteiger partial charge in [-0.2, -0.15) is 0 Å². The van der Waals surface area contributed by atoms with E-state index >= 15 is 0 Å². The topological polar surface area (TPSA) is 64.6 Å². The van der Waals surface area contributed by atoms with Crippen molar-refractivity contribution in [1.82, 2.24) is 5.32 Å². The summed E-state index contributed by atoms with van der Waals surface area (Å²) in [6.07, 6.45) is 8.97. The maximum Gasteiger partial charge on any atom is 0.258 e. The summed E-state index contributed by atoms with van der Waals surface area (Å²) in [5.41, 5.74) is 1.59. The number of anilines is 2. The average Bonchev–Trinajstić information content (AvgIpc) is 2.78. The molecule has 4 atom stereocenters. The molecule has 1 aliphatic heterocycles. The second-order valence-electron chi connectivity index (χ2n) is 11.4. The van der Waals surface area contributed by atoms with Gasteiger partial charge in [-0.15, -0.1) is 0 Å². The van der Waals surface area contributed by atoms with E-state index in [4.69, 9.17) is 0 Å². The summed E-state index contributed by atoms with van der Waals surface area (Å²) >= 11 is 0. The molecule has 180 valence electrons. The molecule has 2 unspecified atom stereocenters. The van der Waals surface area contributed by atoms with Crippen molar-refractivity contribution in [3.05, 3.63) is 59.9 Å². The largest absolute Gasteiger partial charge is 0.390 e. The monoisotopic (exact) mass is 463 g/mol. The van der Waals surface area contributed by atoms with Gasteiger partial charge in [0.1, 0.15) is 5.82 Å². The molecule has 0 aromatic heterocycles. The Morgan fingerprint density at radius 1 is 0.971 bits per heavy atom. The van der Waals surface area contributed by atoms with Crippen LogP contribution >= 0.6 is 0 Å². The molecule has 5 nitrogen and oxygen atoms in total. The number of amides is 1. The van der Waals surface area contributed by atoms with E-state index < -0.39 is 17.3 Å². The van der Waals surface area contributed by atoms with Gasteiger partial charge in [-0.05, 0) is 99.6 Å². The third kappa shape index (κ3) is 4.22. The summed E-state index contributed by atoms with van der Waals surface area (Å²) in [6, 6.07) is 14.3. The predicted octanol–water partition coefficient (Wildman–Crippen LogP) is 4.72. The first-order chi connectivity index (χ1) is 16.4. The van der Waals surface area contributed by atoms with Crippen LogP contribution in [-0.2, 0) is 0 Å². The summed E-state index contributed by atoms with van der Waals surface area (Å²) in [7, 11) is 0. The molecule has 3 N–H and O–H groups in total. The Balaban J connectivity index is 1.04. The van der Waals surface area contributed by atoms with Crippen LogP contribution in [0.1, 0.15) is 61.7 Å². The molecule has 2 aromatic carbocycles. The molecule has 1 heterocycles. The lowest BCUT2D eigenvalue weighted by Crippen LogP contribution is -2.66. The van der Waals surface area contributed by atoms with Crippen molar-refractivity contribution in [2.24, 2.45) is 11.8 Å². The highest BCUT2D eigenvalue weighted by atomic mass is 19.1. The van der Waals surface area contributed by atoms with Crippen molar-refractivity contribution < 1.29 is 14.3 Å². The van der Waals surface area contributed by atoms with Crippen molar-refractivity contribution in [3.63, 3.8) is 0 Å². The number of nitrogens with zero attached hydrogens (tertiary/aromatic N) is 1. The molecule has 6 heteroatoms. The van der Waals surface area contributed by atoms with Crippen LogP contribution in [0.15, 0.2) is 48.5 Å². The Hall–Kier alpha value is -2.44. The first kappa shape index (κ1) is 22.1. The SMILES string of the molecule is O=C(Nc1ccc(N2CCC(NC34C[C@@H]5C[C@@H](CC(O)(C5)C3)C4)CC2)cc1)c1ccccc1F. The molecule has 2 aromatic rings. The van der Waals surface area contributed by atoms with Gasteiger partial charge in [-0.1, -0.05) is 12.1 Å². The second-order valence-corrected chi connectivity index (χ2v) is 11.4. The van der Waals surface area contributed by atoms with E-state index in [9.17, 15) is 14.3 Å². The van der Waals surface area contributed by atoms with E-state index in [2.05, 4.69) is 15.5 Å². The number of hydrogen-bond acceptors (Lipinski definition) is 4. The van der Waals surface area contributed by atoms with Gasteiger partial charge in [-0.3, -0.25) is 4.79 Å². The van der Waals surface area contributed by atoms with E-state index in [0.29, 0.717) is 23.6 Å². The van der Waals surface area contributed by atoms with Crippen molar-refractivity contribution in [2.45, 2.75) is 68.5 Å². The number of piperidine rings is 1. The number of nitrogens with one attached hydrogen (secondary N) is 2. The molecule has 5 fully saturated rings. The van der Waals surface area contributed by atoms with E-state index in [-0.39, 0.29) is 11.1 Å². The summed E-state index contributed by atoms with van der Waals surface area (Å²) in [4.78, 5) is 14.8. The van der Waals surface area contributed by atoms with Crippen LogP contribution in [0.4, 0.5) is 15.8 Å². The minimum absolute atomic E-state index is 0.0484. The van der Waals surface area contributed by atoms with Gasteiger partial charge in [0.05, 0.1) is 11.2 Å². The lowest BCUT2D eigenvalue weighted by molar-refractivity contribution is -0.144. The molecule has 1 saturated heterocycles. The van der Waals surface area contributed by atoms with E-state index in [1.54, 1.807) is 12.1 Å². The van der Waals surface area contributed by atoms with Gasteiger partial charge in [0.2, 0.25) is 0 Å². The summed E-state index contributed by atoms with van der Waals surface area (Å²) in [5.74, 6) is 0.454. The fourth-order valence-corrected chi connectivity index (χ4v) is 7.70. The highest BCUT2D eigenvalue weighted by molar-refractivity contribution is 6.04. The third-order valence-corrected chi connectivity index (χ3v) is 8.64. The zero-order valence-corrected chi connectivity index (χ0v) is 19.6. The van der Waals surface area contributed by atoms with Gasteiger partial charge in [0.15, 0.2) is 0 Å². The summed E-state index contributed by atoms with van der Waals surface area (Å²) in [5, 5.41) is 17.9.